The summed E-state index contributed by atoms with van der Waals surface area (Å²) in [6.07, 6.45) is 4.24. The molecule has 0 heterocycles. The smallest absolute Gasteiger partial charge is 0.328 e. The summed E-state index contributed by atoms with van der Waals surface area (Å²) in [7, 11) is 0. The van der Waals surface area contributed by atoms with Gasteiger partial charge in [-0.3, -0.25) is 0 Å². The van der Waals surface area contributed by atoms with Crippen molar-refractivity contribution < 1.29 is 34.4 Å². The summed E-state index contributed by atoms with van der Waals surface area (Å²) < 4.78 is 11.2. The Bertz CT molecular complexity index is 638. The van der Waals surface area contributed by atoms with Crippen LogP contribution in [0.25, 0.3) is 0 Å². The van der Waals surface area contributed by atoms with Gasteiger partial charge in [-0.15, -0.1) is 0 Å². The first-order valence-corrected chi connectivity index (χ1v) is 10.1. The lowest BCUT2D eigenvalue weighted by atomic mass is 10.1. The number of carboxylic acids is 2. The van der Waals surface area contributed by atoms with E-state index in [9.17, 15) is 14.7 Å². The Morgan fingerprint density at radius 1 is 1.13 bits per heavy atom. The van der Waals surface area contributed by atoms with Crippen LogP contribution in [-0.4, -0.2) is 65.8 Å². The van der Waals surface area contributed by atoms with Gasteiger partial charge in [0.15, 0.2) is 0 Å². The Balaban J connectivity index is 0.000000479. The van der Waals surface area contributed by atoms with Crippen molar-refractivity contribution in [3.05, 3.63) is 42.0 Å². The predicted octanol–water partition coefficient (Wildman–Crippen LogP) is 2.11. The van der Waals surface area contributed by atoms with Crippen LogP contribution in [0.2, 0.25) is 0 Å². The Morgan fingerprint density at radius 3 is 2.23 bits per heavy atom. The van der Waals surface area contributed by atoms with Crippen LogP contribution in [0.1, 0.15) is 32.3 Å². The number of ether oxygens (including phenoxy) is 2. The van der Waals surface area contributed by atoms with E-state index >= 15 is 0 Å². The van der Waals surface area contributed by atoms with E-state index in [1.807, 2.05) is 12.1 Å². The fourth-order valence-electron chi connectivity index (χ4n) is 2.24. The van der Waals surface area contributed by atoms with Crippen LogP contribution in [0.5, 0.6) is 5.75 Å². The highest BCUT2D eigenvalue weighted by Crippen LogP contribution is 2.28. The Hall–Kier alpha value is -2.42. The first-order chi connectivity index (χ1) is 14.3. The molecule has 30 heavy (non-hydrogen) atoms. The van der Waals surface area contributed by atoms with Crippen LogP contribution >= 0.6 is 0 Å². The van der Waals surface area contributed by atoms with E-state index < -0.39 is 18.0 Å². The quantitative estimate of drug-likeness (QED) is 0.281. The molecule has 1 atom stereocenters. The molecule has 0 aliphatic heterocycles. The zero-order chi connectivity index (χ0) is 22.4. The number of aliphatic hydroxyl groups excluding tert-OH is 1. The number of aliphatic carboxylic acids is 2. The predicted molar refractivity (Wildman–Crippen MR) is 113 cm³/mol. The Morgan fingerprint density at radius 2 is 1.73 bits per heavy atom. The molecule has 0 radical (unpaired) electrons. The molecule has 1 aromatic carbocycles. The Labute approximate surface area is 177 Å². The second kappa shape index (κ2) is 14.5. The second-order valence-electron chi connectivity index (χ2n) is 7.45. The van der Waals surface area contributed by atoms with Crippen molar-refractivity contribution in [3.8, 4) is 5.75 Å². The molecule has 2 rings (SSSR count). The molecule has 0 spiro atoms. The van der Waals surface area contributed by atoms with Crippen molar-refractivity contribution >= 4 is 11.9 Å². The zero-order valence-corrected chi connectivity index (χ0v) is 17.6. The maximum Gasteiger partial charge on any atom is 0.328 e. The van der Waals surface area contributed by atoms with Crippen LogP contribution in [0, 0.1) is 5.92 Å². The average molecular weight is 424 g/mol. The van der Waals surface area contributed by atoms with Crippen LogP contribution in [0.15, 0.2) is 36.4 Å². The van der Waals surface area contributed by atoms with Gasteiger partial charge in [-0.2, -0.15) is 0 Å². The van der Waals surface area contributed by atoms with Gasteiger partial charge in [-0.05, 0) is 42.9 Å². The van der Waals surface area contributed by atoms with Crippen molar-refractivity contribution in [2.45, 2.75) is 45.3 Å². The fourth-order valence-corrected chi connectivity index (χ4v) is 2.24. The van der Waals surface area contributed by atoms with Crippen molar-refractivity contribution in [1.82, 2.24) is 5.32 Å². The number of rotatable bonds is 13. The van der Waals surface area contributed by atoms with Gasteiger partial charge in [0.25, 0.3) is 0 Å². The third-order valence-corrected chi connectivity index (χ3v) is 4.08. The van der Waals surface area contributed by atoms with E-state index in [1.165, 1.54) is 18.4 Å². The van der Waals surface area contributed by atoms with E-state index in [2.05, 4.69) is 31.3 Å². The standard InChI is InChI=1S/C18H29NO3.C4H4O4/c1-14(2)19-11-17(20)13-22-18-7-5-15(6-8-18)9-10-21-12-16-3-4-16;5-3(6)1-2-4(7)8/h5-8,14,16-17,19-20H,3-4,9-13H2,1-2H3;1-2H,(H,5,6)(H,7,8). The minimum atomic E-state index is -1.26. The third kappa shape index (κ3) is 14.6. The van der Waals surface area contributed by atoms with E-state index in [0.29, 0.717) is 31.3 Å². The number of aliphatic hydroxyl groups is 1. The highest BCUT2D eigenvalue weighted by molar-refractivity contribution is 5.89. The number of carbonyl (C=O) groups is 2. The molecule has 0 amide bonds. The van der Waals surface area contributed by atoms with Crippen molar-refractivity contribution in [2.24, 2.45) is 5.92 Å². The Kier molecular flexibility index (Phi) is 12.4. The maximum atomic E-state index is 9.80. The summed E-state index contributed by atoms with van der Waals surface area (Å²) >= 11 is 0. The van der Waals surface area contributed by atoms with E-state index in [4.69, 9.17) is 19.7 Å². The lowest BCUT2D eigenvalue weighted by Gasteiger charge is -2.15. The molecule has 0 aromatic heterocycles. The third-order valence-electron chi connectivity index (χ3n) is 4.08. The summed E-state index contributed by atoms with van der Waals surface area (Å²) in [6.45, 7) is 6.68. The first kappa shape index (κ1) is 25.6. The van der Waals surface area contributed by atoms with Crippen molar-refractivity contribution in [3.63, 3.8) is 0 Å². The molecule has 1 aliphatic carbocycles. The van der Waals surface area contributed by atoms with Crippen LogP contribution in [0.3, 0.4) is 0 Å². The van der Waals surface area contributed by atoms with Gasteiger partial charge < -0.3 is 30.1 Å². The lowest BCUT2D eigenvalue weighted by Crippen LogP contribution is -2.35. The molecular formula is C22H33NO7. The number of hydrogen-bond donors (Lipinski definition) is 4. The van der Waals surface area contributed by atoms with Gasteiger partial charge in [-0.25, -0.2) is 9.59 Å². The molecule has 0 saturated heterocycles. The van der Waals surface area contributed by atoms with Crippen LogP contribution in [-0.2, 0) is 20.7 Å². The normalized spacial score (nSPS) is 14.3. The van der Waals surface area contributed by atoms with E-state index in [1.54, 1.807) is 0 Å². The summed E-state index contributed by atoms with van der Waals surface area (Å²) in [5, 5.41) is 28.6. The van der Waals surface area contributed by atoms with Crippen LogP contribution in [0.4, 0.5) is 0 Å². The van der Waals surface area contributed by atoms with Crippen molar-refractivity contribution in [1.29, 1.82) is 0 Å². The first-order valence-electron chi connectivity index (χ1n) is 10.1. The van der Waals surface area contributed by atoms with Gasteiger partial charge in [0.05, 0.1) is 6.61 Å². The number of hydrogen-bond acceptors (Lipinski definition) is 6. The molecular weight excluding hydrogens is 390 g/mol. The van der Waals surface area contributed by atoms with Gasteiger partial charge in [0.1, 0.15) is 18.5 Å². The molecule has 1 aromatic rings. The lowest BCUT2D eigenvalue weighted by molar-refractivity contribution is -0.134. The minimum absolute atomic E-state index is 0.309. The summed E-state index contributed by atoms with van der Waals surface area (Å²) in [6, 6.07) is 8.41. The van der Waals surface area contributed by atoms with Crippen molar-refractivity contribution in [2.75, 3.05) is 26.4 Å². The monoisotopic (exact) mass is 423 g/mol. The molecule has 168 valence electrons. The minimum Gasteiger partial charge on any atom is -0.491 e. The summed E-state index contributed by atoms with van der Waals surface area (Å²) in [5.41, 5.74) is 1.25. The molecule has 1 aliphatic rings. The maximum absolute atomic E-state index is 9.80. The SMILES string of the molecule is CC(C)NCC(O)COc1ccc(CCOCC2CC2)cc1.O=C(O)C=CC(=O)O. The fraction of sp³-hybridized carbons (Fsp3) is 0.545. The summed E-state index contributed by atoms with van der Waals surface area (Å²) in [4.78, 5) is 19.1. The topological polar surface area (TPSA) is 125 Å². The number of carboxylic acid groups (broad SMARTS) is 2. The molecule has 8 heteroatoms. The van der Waals surface area contributed by atoms with Gasteiger partial charge in [-0.1, -0.05) is 26.0 Å². The molecule has 0 bridgehead atoms. The molecule has 1 saturated carbocycles. The van der Waals surface area contributed by atoms with Gasteiger partial charge >= 0.3 is 11.9 Å². The second-order valence-corrected chi connectivity index (χ2v) is 7.45. The largest absolute Gasteiger partial charge is 0.491 e. The van der Waals surface area contributed by atoms with Gasteiger partial charge in [0, 0.05) is 31.3 Å². The average Bonchev–Trinajstić information content (AvgIpc) is 3.52. The highest BCUT2D eigenvalue weighted by atomic mass is 16.5. The number of nitrogens with one attached hydrogen (secondary N) is 1. The molecule has 4 N–H and O–H groups in total. The molecule has 1 unspecified atom stereocenters. The highest BCUT2D eigenvalue weighted by Gasteiger charge is 2.20. The molecule has 1 fully saturated rings. The van der Waals surface area contributed by atoms with E-state index in [0.717, 1.165) is 31.3 Å². The van der Waals surface area contributed by atoms with Crippen LogP contribution < -0.4 is 10.1 Å². The van der Waals surface area contributed by atoms with E-state index in [-0.39, 0.29) is 0 Å². The van der Waals surface area contributed by atoms with Gasteiger partial charge in [0.2, 0.25) is 0 Å². The summed E-state index contributed by atoms with van der Waals surface area (Å²) in [5.74, 6) is -0.890. The number of benzene rings is 1. The molecule has 8 nitrogen and oxygen atoms in total. The zero-order valence-electron chi connectivity index (χ0n) is 17.6.